The van der Waals surface area contributed by atoms with Crippen molar-refractivity contribution in [3.8, 4) is 0 Å². The summed E-state index contributed by atoms with van der Waals surface area (Å²) in [5.41, 5.74) is 0.807. The number of rotatable bonds is 3. The van der Waals surface area contributed by atoms with Crippen molar-refractivity contribution in [2.75, 3.05) is 18.0 Å². The van der Waals surface area contributed by atoms with Gasteiger partial charge in [-0.1, -0.05) is 12.7 Å². The molecular formula is C13H17ClN4O. The number of nitrogens with zero attached hydrogens (tertiary/aromatic N) is 4. The molecular weight excluding hydrogens is 264 g/mol. The van der Waals surface area contributed by atoms with Crippen LogP contribution in [0.15, 0.2) is 11.6 Å². The van der Waals surface area contributed by atoms with E-state index in [9.17, 15) is 0 Å². The van der Waals surface area contributed by atoms with E-state index in [4.69, 9.17) is 16.4 Å². The molecule has 1 saturated heterocycles. The van der Waals surface area contributed by atoms with Gasteiger partial charge in [0.05, 0.1) is 5.56 Å². The molecule has 1 aromatic rings. The first-order valence-corrected chi connectivity index (χ1v) is 6.37. The van der Waals surface area contributed by atoms with Gasteiger partial charge in [0, 0.05) is 13.1 Å². The fourth-order valence-corrected chi connectivity index (χ4v) is 2.05. The molecule has 0 unspecified atom stereocenters. The molecule has 0 aromatic carbocycles. The van der Waals surface area contributed by atoms with Gasteiger partial charge in [0.1, 0.15) is 12.1 Å². The third-order valence-corrected chi connectivity index (χ3v) is 2.81. The van der Waals surface area contributed by atoms with Gasteiger partial charge in [-0.2, -0.15) is 9.97 Å². The summed E-state index contributed by atoms with van der Waals surface area (Å²) in [6, 6.07) is 0. The minimum absolute atomic E-state index is 0.204. The van der Waals surface area contributed by atoms with Crippen LogP contribution in [0.3, 0.4) is 0 Å². The molecule has 19 heavy (non-hydrogen) atoms. The molecule has 0 radical (unpaired) electrons. The average Bonchev–Trinajstić information content (AvgIpc) is 2.92. The van der Waals surface area contributed by atoms with Gasteiger partial charge in [0.25, 0.3) is 0 Å². The Morgan fingerprint density at radius 1 is 1.37 bits per heavy atom. The van der Waals surface area contributed by atoms with Crippen LogP contribution in [0.1, 0.15) is 25.3 Å². The van der Waals surface area contributed by atoms with Crippen LogP contribution in [-0.2, 0) is 4.79 Å². The Morgan fingerprint density at radius 3 is 2.42 bits per heavy atom. The molecule has 6 heteroatoms. The quantitative estimate of drug-likeness (QED) is 0.485. The molecule has 0 atom stereocenters. The van der Waals surface area contributed by atoms with Gasteiger partial charge >= 0.3 is 0 Å². The Morgan fingerprint density at radius 2 is 1.95 bits per heavy atom. The molecule has 0 bridgehead atoms. The van der Waals surface area contributed by atoms with E-state index in [1.165, 1.54) is 19.8 Å². The summed E-state index contributed by atoms with van der Waals surface area (Å²) < 4.78 is 0. The zero-order chi connectivity index (χ0) is 14.3. The monoisotopic (exact) mass is 280 g/mol. The lowest BCUT2D eigenvalue weighted by molar-refractivity contribution is -0.106. The van der Waals surface area contributed by atoms with Gasteiger partial charge in [-0.05, 0) is 38.1 Å². The maximum absolute atomic E-state index is 8.81. The van der Waals surface area contributed by atoms with E-state index >= 15 is 0 Å². The van der Waals surface area contributed by atoms with Crippen LogP contribution in [0.5, 0.6) is 0 Å². The molecule has 1 aliphatic rings. The van der Waals surface area contributed by atoms with Crippen molar-refractivity contribution in [1.29, 1.82) is 0 Å². The Labute approximate surface area is 118 Å². The fraction of sp³-hybridized carbons (Fsp3) is 0.385. The molecule has 0 aliphatic carbocycles. The van der Waals surface area contributed by atoms with Crippen molar-refractivity contribution in [2.24, 2.45) is 4.99 Å². The highest BCUT2D eigenvalue weighted by atomic mass is 35.5. The van der Waals surface area contributed by atoms with Crippen molar-refractivity contribution < 1.29 is 4.79 Å². The van der Waals surface area contributed by atoms with E-state index in [2.05, 4.69) is 33.2 Å². The van der Waals surface area contributed by atoms with E-state index in [1.807, 2.05) is 0 Å². The predicted octanol–water partition coefficient (Wildman–Crippen LogP) is 2.91. The molecule has 0 spiro atoms. The highest BCUT2D eigenvalue weighted by Gasteiger charge is 2.19. The van der Waals surface area contributed by atoms with Crippen LogP contribution in [0.2, 0.25) is 5.28 Å². The van der Waals surface area contributed by atoms with E-state index in [1.54, 1.807) is 6.08 Å². The first-order valence-electron chi connectivity index (χ1n) is 5.99. The largest absolute Gasteiger partial charge is 0.356 e. The summed E-state index contributed by atoms with van der Waals surface area (Å²) in [5, 5.41) is 0.204. The van der Waals surface area contributed by atoms with Gasteiger partial charge in [0.2, 0.25) is 5.28 Å². The number of hydrogen-bond acceptors (Lipinski definition) is 5. The minimum atomic E-state index is 0.204. The Hall–Kier alpha value is -1.75. The van der Waals surface area contributed by atoms with Crippen molar-refractivity contribution in [3.05, 3.63) is 17.4 Å². The Balaban J connectivity index is 0.000000550. The first kappa shape index (κ1) is 15.3. The minimum Gasteiger partial charge on any atom is -0.356 e. The second kappa shape index (κ2) is 7.63. The lowest BCUT2D eigenvalue weighted by Crippen LogP contribution is -2.20. The summed E-state index contributed by atoms with van der Waals surface area (Å²) >= 11 is 5.87. The Kier molecular flexibility index (Phi) is 6.15. The number of carbonyl (C=O) groups is 1. The molecule has 102 valence electrons. The van der Waals surface area contributed by atoms with Gasteiger partial charge in [-0.25, -0.2) is 4.99 Å². The lowest BCUT2D eigenvalue weighted by atomic mass is 10.2. The third kappa shape index (κ3) is 3.86. The summed E-state index contributed by atoms with van der Waals surface area (Å²) in [4.78, 5) is 23.1. The van der Waals surface area contributed by atoms with Crippen LogP contribution in [0.4, 0.5) is 11.6 Å². The molecule has 5 nitrogen and oxygen atoms in total. The lowest BCUT2D eigenvalue weighted by Gasteiger charge is -2.19. The normalized spacial score (nSPS) is 13.5. The molecule has 1 aromatic heterocycles. The van der Waals surface area contributed by atoms with Crippen LogP contribution in [0.25, 0.3) is 6.08 Å². The molecule has 2 heterocycles. The number of anilines is 1. The highest BCUT2D eigenvalue weighted by Crippen LogP contribution is 2.30. The topological polar surface area (TPSA) is 58.5 Å². The summed E-state index contributed by atoms with van der Waals surface area (Å²) in [6.07, 6.45) is 4.80. The zero-order valence-electron chi connectivity index (χ0n) is 11.0. The van der Waals surface area contributed by atoms with Gasteiger partial charge < -0.3 is 9.69 Å². The van der Waals surface area contributed by atoms with Gasteiger partial charge in [-0.15, -0.1) is 0 Å². The standard InChI is InChI=1S/C11H13ClN4.C2H4O/c1-3-8-9(13-2)14-11(12)15-10(8)16-6-4-5-7-16;1-2-3/h3H,1-2,4-7H2;2H,1H3. The number of halogens is 1. The maximum atomic E-state index is 8.81. The first-order chi connectivity index (χ1) is 9.17. The number of hydrogen-bond donors (Lipinski definition) is 0. The van der Waals surface area contributed by atoms with Crippen molar-refractivity contribution >= 4 is 42.3 Å². The SMILES string of the molecule is C=Cc1c(N=C)nc(Cl)nc1N1CCCC1.CC=O. The number of carbonyl (C=O) groups excluding carboxylic acids is 1. The van der Waals surface area contributed by atoms with Gasteiger partial charge in [0.15, 0.2) is 5.82 Å². The summed E-state index contributed by atoms with van der Waals surface area (Å²) in [5.74, 6) is 1.31. The van der Waals surface area contributed by atoms with E-state index in [-0.39, 0.29) is 5.28 Å². The van der Waals surface area contributed by atoms with E-state index in [0.717, 1.165) is 30.8 Å². The van der Waals surface area contributed by atoms with Crippen LogP contribution in [0, 0.1) is 0 Å². The van der Waals surface area contributed by atoms with Crippen LogP contribution < -0.4 is 4.90 Å². The summed E-state index contributed by atoms with van der Waals surface area (Å²) in [6.45, 7) is 10.7. The van der Waals surface area contributed by atoms with Crippen molar-refractivity contribution in [3.63, 3.8) is 0 Å². The smallest absolute Gasteiger partial charge is 0.226 e. The highest BCUT2D eigenvalue weighted by molar-refractivity contribution is 6.28. The zero-order valence-corrected chi connectivity index (χ0v) is 11.7. The van der Waals surface area contributed by atoms with Gasteiger partial charge in [-0.3, -0.25) is 0 Å². The Bertz CT molecular complexity index is 470. The molecule has 0 N–H and O–H groups in total. The third-order valence-electron chi connectivity index (χ3n) is 2.64. The van der Waals surface area contributed by atoms with E-state index < -0.39 is 0 Å². The predicted molar refractivity (Wildman–Crippen MR) is 79.5 cm³/mol. The molecule has 1 fully saturated rings. The second-order valence-electron chi connectivity index (χ2n) is 3.85. The number of aldehydes is 1. The van der Waals surface area contributed by atoms with Crippen LogP contribution >= 0.6 is 11.6 Å². The maximum Gasteiger partial charge on any atom is 0.226 e. The van der Waals surface area contributed by atoms with Crippen molar-refractivity contribution in [2.45, 2.75) is 19.8 Å². The fourth-order valence-electron chi connectivity index (χ4n) is 1.89. The average molecular weight is 281 g/mol. The van der Waals surface area contributed by atoms with E-state index in [0.29, 0.717) is 5.82 Å². The molecule has 1 aliphatic heterocycles. The number of aliphatic imine (C=N–C) groups is 1. The molecule has 0 amide bonds. The molecule has 0 saturated carbocycles. The second-order valence-corrected chi connectivity index (χ2v) is 4.18. The molecule has 2 rings (SSSR count). The number of aromatic nitrogens is 2. The summed E-state index contributed by atoms with van der Waals surface area (Å²) in [7, 11) is 0. The van der Waals surface area contributed by atoms with Crippen LogP contribution in [-0.4, -0.2) is 36.1 Å². The van der Waals surface area contributed by atoms with Crippen molar-refractivity contribution in [1.82, 2.24) is 9.97 Å².